The summed E-state index contributed by atoms with van der Waals surface area (Å²) in [5.41, 5.74) is 4.88. The number of aliphatic imine (C=N–C) groups is 1. The summed E-state index contributed by atoms with van der Waals surface area (Å²) < 4.78 is 1.34. The lowest BCUT2D eigenvalue weighted by Crippen LogP contribution is -2.13. The Morgan fingerprint density at radius 1 is 1.29 bits per heavy atom. The van der Waals surface area contributed by atoms with E-state index in [-0.39, 0.29) is 30.7 Å². The molecule has 7 nitrogen and oxygen atoms in total. The maximum Gasteiger partial charge on any atom is 0.263 e. The van der Waals surface area contributed by atoms with Gasteiger partial charge >= 0.3 is 0 Å². The second-order valence-corrected chi connectivity index (χ2v) is 4.19. The van der Waals surface area contributed by atoms with E-state index >= 15 is 0 Å². The summed E-state index contributed by atoms with van der Waals surface area (Å²) >= 11 is 0. The van der Waals surface area contributed by atoms with Gasteiger partial charge in [-0.3, -0.25) is 4.99 Å². The Labute approximate surface area is 134 Å². The molecule has 1 aromatic heterocycles. The number of hydrogen-bond donors (Lipinski definition) is 2. The average Bonchev–Trinajstić information content (AvgIpc) is 2.97. The summed E-state index contributed by atoms with van der Waals surface area (Å²) in [6, 6.07) is 7.97. The van der Waals surface area contributed by atoms with E-state index in [1.54, 1.807) is 13.1 Å². The maximum absolute atomic E-state index is 5.70. The maximum atomic E-state index is 5.70. The number of nitrogens with two attached hydrogens (primary N) is 1. The van der Waals surface area contributed by atoms with E-state index in [0.717, 1.165) is 11.3 Å². The largest absolute Gasteiger partial charge is 0.335 e. The van der Waals surface area contributed by atoms with Gasteiger partial charge in [-0.1, -0.05) is 18.2 Å². The molecule has 0 saturated carbocycles. The third-order valence-corrected chi connectivity index (χ3v) is 2.94. The summed E-state index contributed by atoms with van der Waals surface area (Å²) in [7, 11) is 0. The predicted molar refractivity (Wildman–Crippen MR) is 88.9 cm³/mol. The number of hydrogen-bond acceptors (Lipinski definition) is 6. The van der Waals surface area contributed by atoms with Crippen LogP contribution < -0.4 is 11.3 Å². The number of halogens is 2. The van der Waals surface area contributed by atoms with Crippen molar-refractivity contribution in [2.45, 2.75) is 12.8 Å². The number of fused-ring (bicyclic) bond motifs is 1. The van der Waals surface area contributed by atoms with Crippen LogP contribution in [0.4, 0.5) is 11.6 Å². The number of aromatic nitrogens is 3. The Morgan fingerprint density at radius 2 is 2.05 bits per heavy atom. The molecule has 2 heterocycles. The van der Waals surface area contributed by atoms with E-state index in [0.29, 0.717) is 11.8 Å². The first-order valence-electron chi connectivity index (χ1n) is 5.85. The van der Waals surface area contributed by atoms with Crippen molar-refractivity contribution in [3.05, 3.63) is 35.7 Å². The zero-order valence-electron chi connectivity index (χ0n) is 11.2. The van der Waals surface area contributed by atoms with Crippen molar-refractivity contribution in [1.29, 1.82) is 0 Å². The van der Waals surface area contributed by atoms with Crippen molar-refractivity contribution in [2.24, 2.45) is 10.1 Å². The SMILES string of the molecule is Cc1nnc(N/N=C/C2C=Nc3ccccc32)n1N.Cl.Cl. The highest BCUT2D eigenvalue weighted by Crippen LogP contribution is 2.30. The second kappa shape index (κ2) is 7.05. The van der Waals surface area contributed by atoms with Crippen LogP contribution in [0.3, 0.4) is 0 Å². The quantitative estimate of drug-likeness (QED) is 0.512. The van der Waals surface area contributed by atoms with E-state index in [9.17, 15) is 0 Å². The molecule has 1 aromatic carbocycles. The predicted octanol–water partition coefficient (Wildman–Crippen LogP) is 2.04. The topological polar surface area (TPSA) is 93.5 Å². The Bertz CT molecular complexity index is 665. The van der Waals surface area contributed by atoms with E-state index < -0.39 is 0 Å². The third kappa shape index (κ3) is 3.32. The Hall–Kier alpha value is -2.12. The Morgan fingerprint density at radius 3 is 2.76 bits per heavy atom. The molecule has 0 saturated heterocycles. The zero-order chi connectivity index (χ0) is 13.2. The average molecular weight is 328 g/mol. The van der Waals surface area contributed by atoms with Gasteiger partial charge in [0, 0.05) is 12.4 Å². The highest BCUT2D eigenvalue weighted by Gasteiger charge is 2.15. The summed E-state index contributed by atoms with van der Waals surface area (Å²) in [4.78, 5) is 4.33. The van der Waals surface area contributed by atoms with Crippen LogP contribution in [-0.2, 0) is 0 Å². The summed E-state index contributed by atoms with van der Waals surface area (Å²) in [5, 5.41) is 11.8. The van der Waals surface area contributed by atoms with Gasteiger partial charge in [-0.05, 0) is 18.6 Å². The molecule has 1 atom stereocenters. The van der Waals surface area contributed by atoms with Crippen LogP contribution in [0.5, 0.6) is 0 Å². The number of anilines is 1. The molecule has 1 aliphatic heterocycles. The number of para-hydroxylation sites is 1. The first-order chi connectivity index (χ1) is 9.25. The molecular formula is C12H15Cl2N7. The minimum atomic E-state index is 0. The molecule has 1 unspecified atom stereocenters. The molecule has 0 radical (unpaired) electrons. The van der Waals surface area contributed by atoms with Crippen molar-refractivity contribution in [3.8, 4) is 0 Å². The number of nitrogen functional groups attached to an aromatic ring is 1. The standard InChI is InChI=1S/C12H13N7.2ClH/c1-8-16-18-12(19(8)13)17-15-7-9-6-14-11-5-3-2-4-10(9)11;;/h2-7,9H,13H2,1H3,(H,17,18);2*1H/b15-7+;;. The van der Waals surface area contributed by atoms with Gasteiger partial charge in [0.1, 0.15) is 0 Å². The first kappa shape index (κ1) is 16.9. The van der Waals surface area contributed by atoms with Gasteiger partial charge in [0.05, 0.1) is 11.6 Å². The summed E-state index contributed by atoms with van der Waals surface area (Å²) in [5.74, 6) is 6.79. The number of nitrogens with zero attached hydrogens (tertiary/aromatic N) is 5. The first-order valence-corrected chi connectivity index (χ1v) is 5.85. The smallest absolute Gasteiger partial charge is 0.263 e. The highest BCUT2D eigenvalue weighted by molar-refractivity contribution is 5.96. The molecule has 21 heavy (non-hydrogen) atoms. The molecule has 112 valence electrons. The fourth-order valence-electron chi connectivity index (χ4n) is 1.87. The van der Waals surface area contributed by atoms with Crippen LogP contribution in [0.15, 0.2) is 34.4 Å². The number of hydrazone groups is 1. The molecule has 0 fully saturated rings. The number of rotatable bonds is 3. The number of nitrogens with one attached hydrogen (secondary N) is 1. The van der Waals surface area contributed by atoms with Gasteiger partial charge in [-0.25, -0.2) is 10.1 Å². The van der Waals surface area contributed by atoms with Crippen LogP contribution >= 0.6 is 24.8 Å². The van der Waals surface area contributed by atoms with Crippen LogP contribution in [0.2, 0.25) is 0 Å². The Balaban J connectivity index is 0.00000110. The number of benzene rings is 1. The van der Waals surface area contributed by atoms with Gasteiger partial charge in [-0.2, -0.15) is 5.10 Å². The molecule has 0 bridgehead atoms. The van der Waals surface area contributed by atoms with Crippen LogP contribution in [-0.4, -0.2) is 27.3 Å². The third-order valence-electron chi connectivity index (χ3n) is 2.94. The van der Waals surface area contributed by atoms with E-state index in [1.807, 2.05) is 30.5 Å². The molecule has 0 aliphatic carbocycles. The lowest BCUT2D eigenvalue weighted by atomic mass is 10.0. The molecule has 1 aliphatic rings. The lowest BCUT2D eigenvalue weighted by molar-refractivity contribution is 0.925. The second-order valence-electron chi connectivity index (χ2n) is 4.19. The molecule has 0 spiro atoms. The molecule has 3 N–H and O–H groups in total. The summed E-state index contributed by atoms with van der Waals surface area (Å²) in [6.07, 6.45) is 3.62. The van der Waals surface area contributed by atoms with Gasteiger partial charge < -0.3 is 5.84 Å². The molecule has 3 rings (SSSR count). The van der Waals surface area contributed by atoms with E-state index in [1.165, 1.54) is 4.68 Å². The Kier molecular flexibility index (Phi) is 5.69. The van der Waals surface area contributed by atoms with Gasteiger partial charge in [0.25, 0.3) is 5.95 Å². The summed E-state index contributed by atoms with van der Waals surface area (Å²) in [6.45, 7) is 1.77. The van der Waals surface area contributed by atoms with Crippen molar-refractivity contribution in [3.63, 3.8) is 0 Å². The highest BCUT2D eigenvalue weighted by atomic mass is 35.5. The molecule has 0 amide bonds. The minimum Gasteiger partial charge on any atom is -0.335 e. The van der Waals surface area contributed by atoms with Gasteiger partial charge in [0.2, 0.25) is 0 Å². The van der Waals surface area contributed by atoms with E-state index in [4.69, 9.17) is 5.84 Å². The van der Waals surface area contributed by atoms with Gasteiger partial charge in [-0.15, -0.1) is 35.0 Å². The lowest BCUT2D eigenvalue weighted by Gasteiger charge is -2.03. The van der Waals surface area contributed by atoms with Gasteiger partial charge in [0.15, 0.2) is 5.82 Å². The van der Waals surface area contributed by atoms with Crippen LogP contribution in [0, 0.1) is 6.92 Å². The minimum absolute atomic E-state index is 0. The van der Waals surface area contributed by atoms with Crippen molar-refractivity contribution < 1.29 is 0 Å². The molecular weight excluding hydrogens is 313 g/mol. The molecule has 2 aromatic rings. The van der Waals surface area contributed by atoms with Crippen LogP contribution in [0.1, 0.15) is 17.3 Å². The monoisotopic (exact) mass is 327 g/mol. The van der Waals surface area contributed by atoms with Crippen molar-refractivity contribution in [1.82, 2.24) is 14.9 Å². The fourth-order valence-corrected chi connectivity index (χ4v) is 1.87. The van der Waals surface area contributed by atoms with Crippen molar-refractivity contribution in [2.75, 3.05) is 11.3 Å². The fraction of sp³-hybridized carbons (Fsp3) is 0.167. The van der Waals surface area contributed by atoms with Crippen molar-refractivity contribution >= 4 is 48.9 Å². The zero-order valence-corrected chi connectivity index (χ0v) is 12.8. The molecule has 9 heteroatoms. The normalized spacial score (nSPS) is 15.4. The van der Waals surface area contributed by atoms with E-state index in [2.05, 4.69) is 25.7 Å². The number of aryl methyl sites for hydroxylation is 1. The van der Waals surface area contributed by atoms with Crippen LogP contribution in [0.25, 0.3) is 0 Å².